The summed E-state index contributed by atoms with van der Waals surface area (Å²) in [5, 5.41) is 2.34. The lowest BCUT2D eigenvalue weighted by Crippen LogP contribution is -2.28. The molecule has 3 heteroatoms. The first kappa shape index (κ1) is 34.5. The van der Waals surface area contributed by atoms with E-state index >= 15 is 0 Å². The molecular formula is C56H37N3. The van der Waals surface area contributed by atoms with Crippen molar-refractivity contribution in [1.82, 2.24) is 15.0 Å². The molecule has 0 fully saturated rings. The third-order valence-electron chi connectivity index (χ3n) is 11.8. The summed E-state index contributed by atoms with van der Waals surface area (Å²) in [6.45, 7) is 0. The van der Waals surface area contributed by atoms with E-state index in [4.69, 9.17) is 15.0 Å². The number of hydrogen-bond donors (Lipinski definition) is 0. The highest BCUT2D eigenvalue weighted by Gasteiger charge is 2.46. The van der Waals surface area contributed by atoms with Crippen molar-refractivity contribution in [3.63, 3.8) is 0 Å². The maximum atomic E-state index is 5.21. The fourth-order valence-corrected chi connectivity index (χ4v) is 9.05. The van der Waals surface area contributed by atoms with Crippen molar-refractivity contribution in [3.8, 4) is 67.5 Å². The molecule has 1 aliphatic rings. The van der Waals surface area contributed by atoms with Gasteiger partial charge in [0.25, 0.3) is 0 Å². The van der Waals surface area contributed by atoms with E-state index in [1.54, 1.807) is 0 Å². The molecule has 0 bridgehead atoms. The second-order valence-electron chi connectivity index (χ2n) is 15.1. The van der Waals surface area contributed by atoms with Crippen LogP contribution in [0.3, 0.4) is 0 Å². The van der Waals surface area contributed by atoms with E-state index in [2.05, 4.69) is 212 Å². The van der Waals surface area contributed by atoms with Gasteiger partial charge in [-0.1, -0.05) is 218 Å². The Hall–Kier alpha value is -7.75. The van der Waals surface area contributed by atoms with Crippen molar-refractivity contribution in [1.29, 1.82) is 0 Å². The van der Waals surface area contributed by atoms with E-state index in [1.165, 1.54) is 55.3 Å². The molecule has 1 aliphatic carbocycles. The first-order valence-electron chi connectivity index (χ1n) is 20.1. The summed E-state index contributed by atoms with van der Waals surface area (Å²) in [5.74, 6) is 1.90. The SMILES string of the molecule is c1ccc(-c2ccc(-c3nc(-c4ccc(-c5ccccc5)cc4)nc(-c4ccc5ccc6c(c5c4)-c4ccccc4C6(c4ccccc4)c4ccccc4)n3)cc2)cc1. The van der Waals surface area contributed by atoms with Gasteiger partial charge in [-0.3, -0.25) is 0 Å². The number of hydrogen-bond acceptors (Lipinski definition) is 3. The summed E-state index contributed by atoms with van der Waals surface area (Å²) in [6.07, 6.45) is 0. The van der Waals surface area contributed by atoms with Gasteiger partial charge in [-0.2, -0.15) is 0 Å². The first-order valence-corrected chi connectivity index (χ1v) is 20.1. The van der Waals surface area contributed by atoms with E-state index < -0.39 is 5.41 Å². The molecule has 0 saturated carbocycles. The zero-order valence-corrected chi connectivity index (χ0v) is 32.2. The summed E-state index contributed by atoms with van der Waals surface area (Å²) in [5.41, 5.74) is 14.5. The van der Waals surface area contributed by atoms with Crippen molar-refractivity contribution in [3.05, 3.63) is 247 Å². The highest BCUT2D eigenvalue weighted by molar-refractivity contribution is 6.05. The largest absolute Gasteiger partial charge is 0.208 e. The lowest BCUT2D eigenvalue weighted by Gasteiger charge is -2.33. The molecule has 0 radical (unpaired) electrons. The minimum atomic E-state index is -0.482. The Labute approximate surface area is 344 Å². The Balaban J connectivity index is 1.10. The van der Waals surface area contributed by atoms with Crippen LogP contribution in [0.25, 0.3) is 78.3 Å². The van der Waals surface area contributed by atoms with Crippen LogP contribution >= 0.6 is 0 Å². The average molecular weight is 752 g/mol. The molecule has 0 spiro atoms. The smallest absolute Gasteiger partial charge is 0.164 e. The molecule has 9 aromatic carbocycles. The van der Waals surface area contributed by atoms with Gasteiger partial charge in [0, 0.05) is 16.7 Å². The van der Waals surface area contributed by atoms with Crippen LogP contribution < -0.4 is 0 Å². The maximum Gasteiger partial charge on any atom is 0.164 e. The molecule has 0 amide bonds. The van der Waals surface area contributed by atoms with Gasteiger partial charge >= 0.3 is 0 Å². The molecule has 3 nitrogen and oxygen atoms in total. The van der Waals surface area contributed by atoms with Crippen molar-refractivity contribution in [2.75, 3.05) is 0 Å². The molecule has 0 unspecified atom stereocenters. The average Bonchev–Trinajstić information content (AvgIpc) is 3.64. The van der Waals surface area contributed by atoms with Crippen molar-refractivity contribution >= 4 is 10.8 Å². The minimum Gasteiger partial charge on any atom is -0.208 e. The van der Waals surface area contributed by atoms with Gasteiger partial charge in [0.15, 0.2) is 17.5 Å². The third-order valence-corrected chi connectivity index (χ3v) is 11.8. The van der Waals surface area contributed by atoms with Crippen molar-refractivity contribution in [2.24, 2.45) is 0 Å². The number of rotatable bonds is 7. The summed E-state index contributed by atoms with van der Waals surface area (Å²) < 4.78 is 0. The minimum absolute atomic E-state index is 0.482. The van der Waals surface area contributed by atoms with Gasteiger partial charge in [-0.15, -0.1) is 0 Å². The number of benzene rings is 9. The van der Waals surface area contributed by atoms with Gasteiger partial charge in [-0.05, 0) is 72.5 Å². The molecule has 10 aromatic rings. The lowest BCUT2D eigenvalue weighted by molar-refractivity contribution is 0.769. The standard InChI is InChI=1S/C56H37N3/c1-5-15-38(16-6-1)40-25-30-43(31-26-40)53-57-54(44-32-27-41(28-33-44)39-17-7-2-8-18-39)59-55(58-53)45-34-29-42-35-36-51-52(49(42)37-45)48-23-13-14-24-50(48)56(51,46-19-9-3-10-20-46)47-21-11-4-12-22-47/h1-37H. The summed E-state index contributed by atoms with van der Waals surface area (Å²) in [6, 6.07) is 80.0. The Morgan fingerprint density at radius 1 is 0.288 bits per heavy atom. The quantitative estimate of drug-likeness (QED) is 0.163. The second-order valence-corrected chi connectivity index (χ2v) is 15.1. The maximum absolute atomic E-state index is 5.21. The predicted octanol–water partition coefficient (Wildman–Crippen LogP) is 13.7. The molecular weight excluding hydrogens is 715 g/mol. The van der Waals surface area contributed by atoms with E-state index in [0.717, 1.165) is 27.8 Å². The fourth-order valence-electron chi connectivity index (χ4n) is 9.05. The highest BCUT2D eigenvalue weighted by Crippen LogP contribution is 2.57. The molecule has 0 aliphatic heterocycles. The van der Waals surface area contributed by atoms with Crippen LogP contribution in [0.5, 0.6) is 0 Å². The molecule has 0 N–H and O–H groups in total. The van der Waals surface area contributed by atoms with Gasteiger partial charge in [0.05, 0.1) is 5.41 Å². The molecule has 276 valence electrons. The Bertz CT molecular complexity index is 2970. The van der Waals surface area contributed by atoms with Gasteiger partial charge in [0.2, 0.25) is 0 Å². The molecule has 59 heavy (non-hydrogen) atoms. The predicted molar refractivity (Wildman–Crippen MR) is 242 cm³/mol. The lowest BCUT2D eigenvalue weighted by atomic mass is 9.67. The first-order chi connectivity index (χ1) is 29.2. The van der Waals surface area contributed by atoms with E-state index in [0.29, 0.717) is 17.5 Å². The summed E-state index contributed by atoms with van der Waals surface area (Å²) >= 11 is 0. The van der Waals surface area contributed by atoms with Crippen LogP contribution in [0.15, 0.2) is 224 Å². The summed E-state index contributed by atoms with van der Waals surface area (Å²) in [7, 11) is 0. The topological polar surface area (TPSA) is 38.7 Å². The van der Waals surface area contributed by atoms with Gasteiger partial charge < -0.3 is 0 Å². The number of nitrogens with zero attached hydrogens (tertiary/aromatic N) is 3. The second kappa shape index (κ2) is 14.3. The van der Waals surface area contributed by atoms with Crippen LogP contribution in [0.1, 0.15) is 22.3 Å². The van der Waals surface area contributed by atoms with Crippen molar-refractivity contribution in [2.45, 2.75) is 5.41 Å². The zero-order chi connectivity index (χ0) is 39.2. The normalized spacial score (nSPS) is 12.5. The Morgan fingerprint density at radius 2 is 0.678 bits per heavy atom. The van der Waals surface area contributed by atoms with Crippen LogP contribution in [-0.4, -0.2) is 15.0 Å². The monoisotopic (exact) mass is 751 g/mol. The van der Waals surface area contributed by atoms with E-state index in [1.807, 2.05) is 12.1 Å². The van der Waals surface area contributed by atoms with Gasteiger partial charge in [0.1, 0.15) is 0 Å². The van der Waals surface area contributed by atoms with E-state index in [9.17, 15) is 0 Å². The number of aromatic nitrogens is 3. The number of fused-ring (bicyclic) bond motifs is 5. The van der Waals surface area contributed by atoms with Crippen molar-refractivity contribution < 1.29 is 0 Å². The van der Waals surface area contributed by atoms with Crippen LogP contribution in [0.2, 0.25) is 0 Å². The van der Waals surface area contributed by atoms with E-state index in [-0.39, 0.29) is 0 Å². The van der Waals surface area contributed by atoms with Gasteiger partial charge in [-0.25, -0.2) is 15.0 Å². The molecule has 1 heterocycles. The molecule has 0 atom stereocenters. The molecule has 11 rings (SSSR count). The van der Waals surface area contributed by atoms with Crippen LogP contribution in [0.4, 0.5) is 0 Å². The summed E-state index contributed by atoms with van der Waals surface area (Å²) in [4.78, 5) is 15.5. The zero-order valence-electron chi connectivity index (χ0n) is 32.2. The molecule has 0 saturated heterocycles. The van der Waals surface area contributed by atoms with Crippen LogP contribution in [-0.2, 0) is 5.41 Å². The Kier molecular flexibility index (Phi) is 8.37. The fraction of sp³-hybridized carbons (Fsp3) is 0.0179. The Morgan fingerprint density at radius 3 is 1.20 bits per heavy atom. The highest BCUT2D eigenvalue weighted by atomic mass is 15.0. The third kappa shape index (κ3) is 5.86. The van der Waals surface area contributed by atoms with Crippen LogP contribution in [0, 0.1) is 0 Å². The molecule has 1 aromatic heterocycles.